The van der Waals surface area contributed by atoms with Crippen LogP contribution < -0.4 is 5.43 Å². The fourth-order valence-corrected chi connectivity index (χ4v) is 1.50. The molecule has 0 atom stereocenters. The highest BCUT2D eigenvalue weighted by atomic mass is 35.5. The van der Waals surface area contributed by atoms with Gasteiger partial charge in [-0.25, -0.2) is 5.43 Å². The van der Waals surface area contributed by atoms with E-state index >= 15 is 0 Å². The molecule has 0 heterocycles. The van der Waals surface area contributed by atoms with Crippen molar-refractivity contribution in [2.75, 3.05) is 0 Å². The molecule has 0 aliphatic heterocycles. The van der Waals surface area contributed by atoms with E-state index in [2.05, 4.69) is 10.5 Å². The summed E-state index contributed by atoms with van der Waals surface area (Å²) < 4.78 is 0. The van der Waals surface area contributed by atoms with Crippen molar-refractivity contribution in [3.8, 4) is 0 Å². The van der Waals surface area contributed by atoms with E-state index in [0.29, 0.717) is 10.0 Å². The average molecular weight is 245 g/mol. The van der Waals surface area contributed by atoms with Gasteiger partial charge in [-0.1, -0.05) is 29.3 Å². The Hall–Kier alpha value is -1.06. The summed E-state index contributed by atoms with van der Waals surface area (Å²) in [6.45, 7) is 3.54. The van der Waals surface area contributed by atoms with Gasteiger partial charge < -0.3 is 0 Å². The van der Waals surface area contributed by atoms with Gasteiger partial charge in [-0.05, 0) is 26.0 Å². The minimum atomic E-state index is -0.410. The van der Waals surface area contributed by atoms with E-state index < -0.39 is 5.91 Å². The van der Waals surface area contributed by atoms with Crippen LogP contribution in [0, 0.1) is 0 Å². The molecule has 0 aliphatic rings. The van der Waals surface area contributed by atoms with Crippen molar-refractivity contribution < 1.29 is 4.79 Å². The van der Waals surface area contributed by atoms with Gasteiger partial charge in [-0.15, -0.1) is 0 Å². The number of nitrogens with zero attached hydrogens (tertiary/aromatic N) is 1. The molecule has 0 aromatic heterocycles. The molecule has 1 rings (SSSR count). The van der Waals surface area contributed by atoms with Crippen LogP contribution >= 0.6 is 23.2 Å². The highest BCUT2D eigenvalue weighted by Crippen LogP contribution is 2.23. The molecule has 1 aromatic carbocycles. The van der Waals surface area contributed by atoms with Crippen molar-refractivity contribution in [3.63, 3.8) is 0 Å². The summed E-state index contributed by atoms with van der Waals surface area (Å²) in [5.41, 5.74) is 3.34. The van der Waals surface area contributed by atoms with Crippen molar-refractivity contribution in [2.24, 2.45) is 5.10 Å². The Bertz CT molecular complexity index is 392. The highest BCUT2D eigenvalue weighted by molar-refractivity contribution is 6.39. The minimum Gasteiger partial charge on any atom is -0.267 e. The topological polar surface area (TPSA) is 41.5 Å². The molecule has 80 valence electrons. The number of carbonyl (C=O) groups is 1. The fraction of sp³-hybridized carbons (Fsp3) is 0.200. The van der Waals surface area contributed by atoms with Crippen LogP contribution in [-0.2, 0) is 0 Å². The first-order valence-electron chi connectivity index (χ1n) is 4.27. The summed E-state index contributed by atoms with van der Waals surface area (Å²) in [6.07, 6.45) is 0. The smallest absolute Gasteiger partial charge is 0.267 e. The lowest BCUT2D eigenvalue weighted by molar-refractivity contribution is 0.0955. The molecule has 0 aliphatic carbocycles. The summed E-state index contributed by atoms with van der Waals surface area (Å²) in [6, 6.07) is 4.88. The lowest BCUT2D eigenvalue weighted by Gasteiger charge is -2.04. The van der Waals surface area contributed by atoms with E-state index in [4.69, 9.17) is 23.2 Å². The van der Waals surface area contributed by atoms with Crippen LogP contribution in [0.2, 0.25) is 10.0 Å². The zero-order valence-electron chi connectivity index (χ0n) is 8.34. The van der Waals surface area contributed by atoms with Crippen LogP contribution in [0.5, 0.6) is 0 Å². The Morgan fingerprint density at radius 2 is 1.80 bits per heavy atom. The van der Waals surface area contributed by atoms with Crippen LogP contribution in [-0.4, -0.2) is 11.6 Å². The molecule has 1 amide bonds. The molecule has 0 saturated carbocycles. The summed E-state index contributed by atoms with van der Waals surface area (Å²) in [5, 5.41) is 4.40. The maximum Gasteiger partial charge on any atom is 0.274 e. The number of benzene rings is 1. The van der Waals surface area contributed by atoms with Gasteiger partial charge in [0.1, 0.15) is 0 Å². The highest BCUT2D eigenvalue weighted by Gasteiger charge is 2.13. The molecule has 3 nitrogen and oxygen atoms in total. The van der Waals surface area contributed by atoms with Gasteiger partial charge in [0.15, 0.2) is 0 Å². The second-order valence-corrected chi connectivity index (χ2v) is 3.91. The molecule has 0 unspecified atom stereocenters. The average Bonchev–Trinajstić information content (AvgIpc) is 2.14. The van der Waals surface area contributed by atoms with Gasteiger partial charge in [-0.3, -0.25) is 4.79 Å². The van der Waals surface area contributed by atoms with Crippen LogP contribution in [0.3, 0.4) is 0 Å². The lowest BCUT2D eigenvalue weighted by Crippen LogP contribution is -2.19. The monoisotopic (exact) mass is 244 g/mol. The molecule has 0 saturated heterocycles. The first-order chi connectivity index (χ1) is 7.02. The van der Waals surface area contributed by atoms with Crippen molar-refractivity contribution in [3.05, 3.63) is 33.8 Å². The van der Waals surface area contributed by atoms with E-state index in [1.807, 2.05) is 0 Å². The number of rotatable bonds is 2. The molecule has 15 heavy (non-hydrogen) atoms. The second kappa shape index (κ2) is 5.14. The van der Waals surface area contributed by atoms with Gasteiger partial charge in [0.2, 0.25) is 0 Å². The molecule has 5 heteroatoms. The van der Waals surface area contributed by atoms with Gasteiger partial charge in [0, 0.05) is 5.71 Å². The molecular formula is C10H10Cl2N2O. The summed E-state index contributed by atoms with van der Waals surface area (Å²) >= 11 is 11.7. The van der Waals surface area contributed by atoms with E-state index in [0.717, 1.165) is 5.71 Å². The summed E-state index contributed by atoms with van der Waals surface area (Å²) in [5.74, 6) is -0.410. The molecular weight excluding hydrogens is 235 g/mol. The molecule has 0 spiro atoms. The van der Waals surface area contributed by atoms with Crippen molar-refractivity contribution in [2.45, 2.75) is 13.8 Å². The third-order valence-corrected chi connectivity index (χ3v) is 2.20. The van der Waals surface area contributed by atoms with E-state index in [1.165, 1.54) is 0 Å². The first-order valence-corrected chi connectivity index (χ1v) is 5.03. The van der Waals surface area contributed by atoms with E-state index in [-0.39, 0.29) is 5.56 Å². The molecule has 0 fully saturated rings. The van der Waals surface area contributed by atoms with Gasteiger partial charge >= 0.3 is 0 Å². The van der Waals surface area contributed by atoms with Gasteiger partial charge in [-0.2, -0.15) is 5.10 Å². The van der Waals surface area contributed by atoms with Crippen molar-refractivity contribution >= 4 is 34.8 Å². The SMILES string of the molecule is CC(C)=NNC(=O)c1c(Cl)cccc1Cl. The normalized spacial score (nSPS) is 9.60. The van der Waals surface area contributed by atoms with E-state index in [9.17, 15) is 4.79 Å². The van der Waals surface area contributed by atoms with Crippen LogP contribution in [0.4, 0.5) is 0 Å². The minimum absolute atomic E-state index is 0.242. The van der Waals surface area contributed by atoms with Crippen molar-refractivity contribution in [1.29, 1.82) is 0 Å². The standard InChI is InChI=1S/C10H10Cl2N2O/c1-6(2)13-14-10(15)9-7(11)4-3-5-8(9)12/h3-5H,1-2H3,(H,14,15). The fourth-order valence-electron chi connectivity index (χ4n) is 0.933. The predicted octanol–water partition coefficient (Wildman–Crippen LogP) is 3.12. The Morgan fingerprint density at radius 1 is 1.27 bits per heavy atom. The molecule has 0 bridgehead atoms. The van der Waals surface area contributed by atoms with Crippen LogP contribution in [0.25, 0.3) is 0 Å². The zero-order chi connectivity index (χ0) is 11.4. The third kappa shape index (κ3) is 3.22. The first kappa shape index (κ1) is 12.0. The molecule has 0 radical (unpaired) electrons. The van der Waals surface area contributed by atoms with Crippen LogP contribution in [0.1, 0.15) is 24.2 Å². The summed E-state index contributed by atoms with van der Waals surface area (Å²) in [7, 11) is 0. The zero-order valence-corrected chi connectivity index (χ0v) is 9.86. The molecule has 1 aromatic rings. The quantitative estimate of drug-likeness (QED) is 0.631. The maximum atomic E-state index is 11.6. The Balaban J connectivity index is 2.96. The maximum absolute atomic E-state index is 11.6. The van der Waals surface area contributed by atoms with E-state index in [1.54, 1.807) is 32.0 Å². The lowest BCUT2D eigenvalue weighted by atomic mass is 10.2. The summed E-state index contributed by atoms with van der Waals surface area (Å²) in [4.78, 5) is 11.6. The number of nitrogens with one attached hydrogen (secondary N) is 1. The second-order valence-electron chi connectivity index (χ2n) is 3.10. The Kier molecular flexibility index (Phi) is 4.12. The van der Waals surface area contributed by atoms with Gasteiger partial charge in [0.25, 0.3) is 5.91 Å². The number of hydrogen-bond acceptors (Lipinski definition) is 2. The molecule has 1 N–H and O–H groups in total. The number of hydrazone groups is 1. The van der Waals surface area contributed by atoms with Crippen molar-refractivity contribution in [1.82, 2.24) is 5.43 Å². The van der Waals surface area contributed by atoms with Crippen LogP contribution in [0.15, 0.2) is 23.3 Å². The largest absolute Gasteiger partial charge is 0.274 e. The predicted molar refractivity (Wildman–Crippen MR) is 62.7 cm³/mol. The third-order valence-electron chi connectivity index (χ3n) is 1.57. The Morgan fingerprint density at radius 3 is 2.27 bits per heavy atom. The number of halogens is 2. The van der Waals surface area contributed by atoms with Gasteiger partial charge in [0.05, 0.1) is 15.6 Å². The number of carbonyl (C=O) groups excluding carboxylic acids is 1. The Labute approximate surface area is 98.1 Å². The number of hydrogen-bond donors (Lipinski definition) is 1. The number of amides is 1.